The van der Waals surface area contributed by atoms with Crippen molar-refractivity contribution in [2.24, 2.45) is 0 Å². The largest absolute Gasteiger partial charge is 0.487 e. The Bertz CT molecular complexity index is 912. The average molecular weight is 369 g/mol. The maximum absolute atomic E-state index is 12.0. The molecule has 1 heterocycles. The number of ether oxygens (including phenoxy) is 1. The summed E-state index contributed by atoms with van der Waals surface area (Å²) < 4.78 is 5.54. The molecule has 0 bridgehead atoms. The number of anilines is 1. The van der Waals surface area contributed by atoms with Crippen LogP contribution in [0.25, 0.3) is 0 Å². The zero-order valence-corrected chi connectivity index (χ0v) is 14.4. The summed E-state index contributed by atoms with van der Waals surface area (Å²) in [7, 11) is 0. The van der Waals surface area contributed by atoms with E-state index in [1.165, 1.54) is 23.5 Å². The molecule has 0 radical (unpaired) electrons. The first-order valence-corrected chi connectivity index (χ1v) is 8.63. The number of non-ortho nitro benzene ring substituents is 1. The van der Waals surface area contributed by atoms with E-state index in [0.717, 1.165) is 5.69 Å². The number of nitro benzene ring substituents is 1. The number of nitrogens with one attached hydrogen (secondary N) is 1. The van der Waals surface area contributed by atoms with Gasteiger partial charge in [-0.1, -0.05) is 24.3 Å². The van der Waals surface area contributed by atoms with Gasteiger partial charge < -0.3 is 10.1 Å². The van der Waals surface area contributed by atoms with Crippen LogP contribution in [-0.4, -0.2) is 15.8 Å². The molecular formula is C18H15N3O4S. The SMILES string of the molecule is O=C(Cc1nc(COc2cccc([N+](=O)[O-])c2)cs1)Nc1ccccc1. The lowest BCUT2D eigenvalue weighted by atomic mass is 10.3. The minimum atomic E-state index is -0.473. The topological polar surface area (TPSA) is 94.4 Å². The van der Waals surface area contributed by atoms with Gasteiger partial charge >= 0.3 is 0 Å². The van der Waals surface area contributed by atoms with Crippen LogP contribution >= 0.6 is 11.3 Å². The van der Waals surface area contributed by atoms with E-state index in [0.29, 0.717) is 16.5 Å². The molecule has 0 saturated carbocycles. The van der Waals surface area contributed by atoms with Crippen LogP contribution in [0.3, 0.4) is 0 Å². The molecule has 0 aliphatic rings. The molecule has 26 heavy (non-hydrogen) atoms. The molecule has 0 fully saturated rings. The molecule has 1 aromatic heterocycles. The summed E-state index contributed by atoms with van der Waals surface area (Å²) in [4.78, 5) is 26.7. The van der Waals surface area contributed by atoms with Gasteiger partial charge in [-0.25, -0.2) is 4.98 Å². The van der Waals surface area contributed by atoms with Gasteiger partial charge in [0.1, 0.15) is 17.4 Å². The van der Waals surface area contributed by atoms with Gasteiger partial charge in [-0.3, -0.25) is 14.9 Å². The van der Waals surface area contributed by atoms with E-state index in [2.05, 4.69) is 10.3 Å². The minimum absolute atomic E-state index is 0.0287. The Balaban J connectivity index is 1.54. The molecule has 7 nitrogen and oxygen atoms in total. The number of hydrogen-bond acceptors (Lipinski definition) is 6. The van der Waals surface area contributed by atoms with Gasteiger partial charge in [0, 0.05) is 17.1 Å². The van der Waals surface area contributed by atoms with E-state index < -0.39 is 4.92 Å². The third-order valence-electron chi connectivity index (χ3n) is 3.38. The number of carbonyl (C=O) groups excluding carboxylic acids is 1. The summed E-state index contributed by atoms with van der Waals surface area (Å²) in [5.41, 5.74) is 1.38. The fraction of sp³-hybridized carbons (Fsp3) is 0.111. The van der Waals surface area contributed by atoms with E-state index in [1.807, 2.05) is 35.7 Å². The van der Waals surface area contributed by atoms with Gasteiger partial charge in [0.25, 0.3) is 5.69 Å². The summed E-state index contributed by atoms with van der Waals surface area (Å²) in [5, 5.41) is 16.1. The van der Waals surface area contributed by atoms with Crippen molar-refractivity contribution >= 4 is 28.6 Å². The van der Waals surface area contributed by atoms with E-state index in [-0.39, 0.29) is 24.6 Å². The maximum atomic E-state index is 12.0. The van der Waals surface area contributed by atoms with Crippen molar-refractivity contribution in [3.05, 3.63) is 80.8 Å². The van der Waals surface area contributed by atoms with Crippen molar-refractivity contribution in [1.29, 1.82) is 0 Å². The molecule has 132 valence electrons. The second-order valence-electron chi connectivity index (χ2n) is 5.37. The van der Waals surface area contributed by atoms with Gasteiger partial charge in [0.15, 0.2) is 0 Å². The highest BCUT2D eigenvalue weighted by atomic mass is 32.1. The van der Waals surface area contributed by atoms with Crippen molar-refractivity contribution in [1.82, 2.24) is 4.98 Å². The molecule has 0 unspecified atom stereocenters. The number of para-hydroxylation sites is 1. The molecule has 0 aliphatic carbocycles. The quantitative estimate of drug-likeness (QED) is 0.505. The summed E-state index contributed by atoms with van der Waals surface area (Å²) in [6.07, 6.45) is 0.177. The van der Waals surface area contributed by atoms with E-state index >= 15 is 0 Å². The Hall–Kier alpha value is -3.26. The van der Waals surface area contributed by atoms with Gasteiger partial charge in [0.05, 0.1) is 23.1 Å². The summed E-state index contributed by atoms with van der Waals surface area (Å²) >= 11 is 1.37. The normalized spacial score (nSPS) is 10.3. The van der Waals surface area contributed by atoms with Gasteiger partial charge in [-0.2, -0.15) is 0 Å². The third kappa shape index (κ3) is 4.87. The van der Waals surface area contributed by atoms with Gasteiger partial charge in [-0.15, -0.1) is 11.3 Å². The van der Waals surface area contributed by atoms with Crippen LogP contribution in [0.1, 0.15) is 10.7 Å². The smallest absolute Gasteiger partial charge is 0.273 e. The molecule has 2 aromatic carbocycles. The Morgan fingerprint density at radius 2 is 2.00 bits per heavy atom. The zero-order chi connectivity index (χ0) is 18.4. The van der Waals surface area contributed by atoms with Crippen LogP contribution in [0.15, 0.2) is 60.0 Å². The van der Waals surface area contributed by atoms with Crippen LogP contribution in [0.5, 0.6) is 5.75 Å². The molecule has 3 aromatic rings. The predicted molar refractivity (Wildman–Crippen MR) is 98.3 cm³/mol. The van der Waals surface area contributed by atoms with E-state index in [9.17, 15) is 14.9 Å². The second kappa shape index (κ2) is 8.21. The number of nitrogens with zero attached hydrogens (tertiary/aromatic N) is 2. The molecular weight excluding hydrogens is 354 g/mol. The first-order chi connectivity index (χ1) is 12.6. The number of nitro groups is 1. The molecule has 1 amide bonds. The Kier molecular flexibility index (Phi) is 5.55. The van der Waals surface area contributed by atoms with Crippen LogP contribution in [0, 0.1) is 10.1 Å². The lowest BCUT2D eigenvalue weighted by molar-refractivity contribution is -0.384. The molecule has 3 rings (SSSR count). The maximum Gasteiger partial charge on any atom is 0.273 e. The first kappa shape index (κ1) is 17.6. The molecule has 0 atom stereocenters. The van der Waals surface area contributed by atoms with Crippen LogP contribution in [0.2, 0.25) is 0 Å². The van der Waals surface area contributed by atoms with Gasteiger partial charge in [0.2, 0.25) is 5.91 Å². The summed E-state index contributed by atoms with van der Waals surface area (Å²) in [6.45, 7) is 0.179. The second-order valence-corrected chi connectivity index (χ2v) is 6.31. The fourth-order valence-corrected chi connectivity index (χ4v) is 2.98. The number of rotatable bonds is 7. The van der Waals surface area contributed by atoms with Gasteiger partial charge in [-0.05, 0) is 18.2 Å². The lowest BCUT2D eigenvalue weighted by Crippen LogP contribution is -2.14. The standard InChI is InChI=1S/C18H15N3O4S/c22-17(19-13-5-2-1-3-6-13)10-18-20-14(12-26-18)11-25-16-8-4-7-15(9-16)21(23)24/h1-9,12H,10-11H2,(H,19,22). The highest BCUT2D eigenvalue weighted by Crippen LogP contribution is 2.20. The number of carbonyl (C=O) groups is 1. The first-order valence-electron chi connectivity index (χ1n) is 7.75. The summed E-state index contributed by atoms with van der Waals surface area (Å²) in [5.74, 6) is 0.257. The lowest BCUT2D eigenvalue weighted by Gasteiger charge is -2.04. The molecule has 0 aliphatic heterocycles. The molecule has 0 spiro atoms. The molecule has 0 saturated heterocycles. The van der Waals surface area contributed by atoms with E-state index in [1.54, 1.807) is 12.1 Å². The van der Waals surface area contributed by atoms with E-state index in [4.69, 9.17) is 4.74 Å². The van der Waals surface area contributed by atoms with Crippen LogP contribution in [0.4, 0.5) is 11.4 Å². The highest BCUT2D eigenvalue weighted by Gasteiger charge is 2.10. The van der Waals surface area contributed by atoms with Crippen molar-refractivity contribution in [3.63, 3.8) is 0 Å². The molecule has 1 N–H and O–H groups in total. The monoisotopic (exact) mass is 369 g/mol. The average Bonchev–Trinajstić information content (AvgIpc) is 3.08. The van der Waals surface area contributed by atoms with Crippen LogP contribution in [-0.2, 0) is 17.8 Å². The Morgan fingerprint density at radius 1 is 1.19 bits per heavy atom. The van der Waals surface area contributed by atoms with Crippen molar-refractivity contribution in [2.75, 3.05) is 5.32 Å². The third-order valence-corrected chi connectivity index (χ3v) is 4.28. The van der Waals surface area contributed by atoms with Crippen molar-refractivity contribution < 1.29 is 14.5 Å². The minimum Gasteiger partial charge on any atom is -0.487 e. The Labute approximate surface area is 153 Å². The number of benzene rings is 2. The Morgan fingerprint density at radius 3 is 2.77 bits per heavy atom. The number of hydrogen-bond donors (Lipinski definition) is 1. The number of amides is 1. The summed E-state index contributed by atoms with van der Waals surface area (Å²) in [6, 6.07) is 15.2. The highest BCUT2D eigenvalue weighted by molar-refractivity contribution is 7.09. The van der Waals surface area contributed by atoms with Crippen molar-refractivity contribution in [2.45, 2.75) is 13.0 Å². The van der Waals surface area contributed by atoms with Crippen molar-refractivity contribution in [3.8, 4) is 5.75 Å². The zero-order valence-electron chi connectivity index (χ0n) is 13.6. The predicted octanol–water partition coefficient (Wildman–Crippen LogP) is 3.81. The molecule has 8 heteroatoms. The number of aromatic nitrogens is 1. The van der Waals surface area contributed by atoms with Crippen LogP contribution < -0.4 is 10.1 Å². The number of thiazole rings is 1. The fourth-order valence-electron chi connectivity index (χ4n) is 2.20.